The highest BCUT2D eigenvalue weighted by molar-refractivity contribution is 6.06. The monoisotopic (exact) mass is 440 g/mol. The minimum absolute atomic E-state index is 0.812. The van der Waals surface area contributed by atoms with Crippen molar-refractivity contribution in [3.05, 3.63) is 85.5 Å². The quantitative estimate of drug-likeness (QED) is 0.330. The van der Waals surface area contributed by atoms with Crippen LogP contribution in [0.25, 0.3) is 66.2 Å². The fraction of sp³-hybridized carbons (Fsp3) is 0. The van der Waals surface area contributed by atoms with Gasteiger partial charge in [0, 0.05) is 34.2 Å². The molecular weight excluding hydrogens is 424 g/mol. The van der Waals surface area contributed by atoms with Crippen molar-refractivity contribution in [1.82, 2.24) is 39.9 Å². The first-order valence-electron chi connectivity index (χ1n) is 10.8. The van der Waals surface area contributed by atoms with E-state index < -0.39 is 0 Å². The summed E-state index contributed by atoms with van der Waals surface area (Å²) in [6, 6.07) is 19.9. The predicted molar refractivity (Wildman–Crippen MR) is 133 cm³/mol. The number of pyridine rings is 2. The van der Waals surface area contributed by atoms with Gasteiger partial charge in [0.05, 0.1) is 23.4 Å². The summed E-state index contributed by atoms with van der Waals surface area (Å²) in [6.45, 7) is 0. The zero-order chi connectivity index (χ0) is 22.5. The van der Waals surface area contributed by atoms with E-state index in [9.17, 15) is 0 Å². The lowest BCUT2D eigenvalue weighted by molar-refractivity contribution is 1.29. The normalized spacial score (nSPS) is 11.5. The Morgan fingerprint density at radius 2 is 0.941 bits per heavy atom. The number of nitrogens with zero attached hydrogens (tertiary/aromatic N) is 6. The molecule has 0 saturated heterocycles. The fourth-order valence-corrected chi connectivity index (χ4v) is 4.21. The molecule has 160 valence electrons. The largest absolute Gasteiger partial charge is 0.338 e. The Hall–Kier alpha value is -4.98. The molecule has 8 rings (SSSR count). The van der Waals surface area contributed by atoms with E-state index in [1.165, 1.54) is 0 Å². The average Bonchev–Trinajstić information content (AvgIpc) is 3.43. The van der Waals surface area contributed by atoms with Crippen LogP contribution in [-0.2, 0) is 0 Å². The summed E-state index contributed by atoms with van der Waals surface area (Å²) in [5.41, 5.74) is 8.95. The van der Waals surface area contributed by atoms with Crippen LogP contribution in [0.1, 0.15) is 0 Å². The lowest BCUT2D eigenvalue weighted by Crippen LogP contribution is -1.86. The van der Waals surface area contributed by atoms with Crippen LogP contribution >= 0.6 is 0 Å². The highest BCUT2D eigenvalue weighted by Gasteiger charge is 2.08. The molecule has 2 aromatic carbocycles. The van der Waals surface area contributed by atoms with Gasteiger partial charge < -0.3 is 9.97 Å². The van der Waals surface area contributed by atoms with Crippen molar-refractivity contribution in [2.75, 3.05) is 0 Å². The first-order valence-corrected chi connectivity index (χ1v) is 10.8. The average molecular weight is 440 g/mol. The molecule has 0 atom stereocenters. The van der Waals surface area contributed by atoms with Gasteiger partial charge in [0.2, 0.25) is 0 Å². The molecule has 0 spiro atoms. The summed E-state index contributed by atoms with van der Waals surface area (Å²) in [5, 5.41) is 2.20. The molecule has 0 amide bonds. The molecule has 34 heavy (non-hydrogen) atoms. The van der Waals surface area contributed by atoms with Crippen molar-refractivity contribution >= 4 is 66.2 Å². The van der Waals surface area contributed by atoms with Gasteiger partial charge in [0.1, 0.15) is 22.1 Å². The van der Waals surface area contributed by atoms with Gasteiger partial charge in [-0.05, 0) is 24.3 Å². The molecule has 0 radical (unpaired) electrons. The highest BCUT2D eigenvalue weighted by Crippen LogP contribution is 2.25. The van der Waals surface area contributed by atoms with E-state index in [0.29, 0.717) is 0 Å². The molecule has 0 aliphatic heterocycles. The number of hydrogen-bond acceptors (Lipinski definition) is 6. The second-order valence-corrected chi connectivity index (χ2v) is 7.91. The van der Waals surface area contributed by atoms with E-state index in [4.69, 9.17) is 0 Å². The van der Waals surface area contributed by atoms with Crippen LogP contribution in [0.2, 0.25) is 0 Å². The maximum absolute atomic E-state index is 4.63. The van der Waals surface area contributed by atoms with Crippen LogP contribution in [0.15, 0.2) is 85.5 Å². The van der Waals surface area contributed by atoms with E-state index in [1.54, 1.807) is 24.8 Å². The topological polar surface area (TPSA) is 109 Å². The molecule has 0 aliphatic carbocycles. The Labute approximate surface area is 191 Å². The van der Waals surface area contributed by atoms with Crippen molar-refractivity contribution < 1.29 is 0 Å². The maximum Gasteiger partial charge on any atom is 0.157 e. The minimum Gasteiger partial charge on any atom is -0.338 e. The van der Waals surface area contributed by atoms with Crippen LogP contribution in [0.4, 0.5) is 0 Å². The predicted octanol–water partition coefficient (Wildman–Crippen LogP) is 5.32. The number of H-pyrrole nitrogens is 2. The number of hydrogen-bond donors (Lipinski definition) is 2. The highest BCUT2D eigenvalue weighted by atomic mass is 14.9. The number of aromatic nitrogens is 8. The Balaban J connectivity index is 0.000000118. The Kier molecular flexibility index (Phi) is 3.98. The molecule has 2 N–H and O–H groups in total. The molecule has 8 heteroatoms. The van der Waals surface area contributed by atoms with Crippen LogP contribution in [-0.4, -0.2) is 39.9 Å². The Bertz CT molecular complexity index is 1830. The van der Waals surface area contributed by atoms with Crippen LogP contribution < -0.4 is 0 Å². The number of fused-ring (bicyclic) bond motifs is 8. The van der Waals surface area contributed by atoms with Gasteiger partial charge in [-0.25, -0.2) is 19.9 Å². The third kappa shape index (κ3) is 2.93. The number of nitrogens with one attached hydrogen (secondary N) is 2. The smallest absolute Gasteiger partial charge is 0.157 e. The fourth-order valence-electron chi connectivity index (χ4n) is 4.21. The molecule has 0 fully saturated rings. The second kappa shape index (κ2) is 7.28. The van der Waals surface area contributed by atoms with Crippen LogP contribution in [0.5, 0.6) is 0 Å². The summed E-state index contributed by atoms with van der Waals surface area (Å²) in [7, 11) is 0. The number of aromatic amines is 2. The molecule has 8 nitrogen and oxygen atoms in total. The number of rotatable bonds is 0. The SMILES string of the molecule is c1ccc2c(c1)[nH]c1nc3ccncc3nc12.c1ccc2c(c1)[nH]c1nc3cnccc3nc12. The van der Waals surface area contributed by atoms with Gasteiger partial charge in [-0.3, -0.25) is 9.97 Å². The van der Waals surface area contributed by atoms with Crippen molar-refractivity contribution in [2.24, 2.45) is 0 Å². The first-order chi connectivity index (χ1) is 16.8. The third-order valence-electron chi connectivity index (χ3n) is 5.80. The van der Waals surface area contributed by atoms with Gasteiger partial charge in [-0.2, -0.15) is 0 Å². The standard InChI is InChI=1S/2C13H8N4/c1-2-4-9-8(3-1)12-13(16-9)17-10-5-6-14-7-11(10)15-12;1-2-4-9-8(3-1)12-13(16-9)17-11-7-14-6-5-10(11)15-12/h2*1-7H,(H,16,17). The molecule has 8 aromatic rings. The van der Waals surface area contributed by atoms with E-state index in [2.05, 4.69) is 45.9 Å². The molecule has 0 saturated carbocycles. The Morgan fingerprint density at radius 3 is 1.56 bits per heavy atom. The van der Waals surface area contributed by atoms with Crippen molar-refractivity contribution in [3.8, 4) is 0 Å². The molecule has 0 aliphatic rings. The van der Waals surface area contributed by atoms with Crippen LogP contribution in [0, 0.1) is 0 Å². The van der Waals surface area contributed by atoms with Crippen LogP contribution in [0.3, 0.4) is 0 Å². The summed E-state index contributed by atoms with van der Waals surface area (Å²) in [6.07, 6.45) is 6.93. The van der Waals surface area contributed by atoms with E-state index >= 15 is 0 Å². The van der Waals surface area contributed by atoms with Crippen molar-refractivity contribution in [2.45, 2.75) is 0 Å². The molecule has 6 aromatic heterocycles. The molecule has 0 unspecified atom stereocenters. The van der Waals surface area contributed by atoms with E-state index in [1.807, 2.05) is 54.6 Å². The number of benzene rings is 2. The Morgan fingerprint density at radius 1 is 0.471 bits per heavy atom. The zero-order valence-electron chi connectivity index (χ0n) is 17.8. The van der Waals surface area contributed by atoms with E-state index in [-0.39, 0.29) is 0 Å². The molecule has 6 heterocycles. The van der Waals surface area contributed by atoms with Crippen molar-refractivity contribution in [3.63, 3.8) is 0 Å². The molecule has 0 bridgehead atoms. The first kappa shape index (κ1) is 18.6. The van der Waals surface area contributed by atoms with Gasteiger partial charge in [-0.15, -0.1) is 0 Å². The van der Waals surface area contributed by atoms with E-state index in [0.717, 1.165) is 66.2 Å². The summed E-state index contributed by atoms with van der Waals surface area (Å²) < 4.78 is 0. The minimum atomic E-state index is 0.812. The maximum atomic E-state index is 4.63. The second-order valence-electron chi connectivity index (χ2n) is 7.91. The summed E-state index contributed by atoms with van der Waals surface area (Å²) >= 11 is 0. The lowest BCUT2D eigenvalue weighted by Gasteiger charge is -1.95. The number of para-hydroxylation sites is 2. The van der Waals surface area contributed by atoms with Crippen molar-refractivity contribution in [1.29, 1.82) is 0 Å². The lowest BCUT2D eigenvalue weighted by atomic mass is 10.2. The van der Waals surface area contributed by atoms with Gasteiger partial charge in [0.15, 0.2) is 11.3 Å². The summed E-state index contributed by atoms with van der Waals surface area (Å²) in [4.78, 5) is 33.0. The summed E-state index contributed by atoms with van der Waals surface area (Å²) in [5.74, 6) is 0. The van der Waals surface area contributed by atoms with Gasteiger partial charge in [0.25, 0.3) is 0 Å². The molecular formula is C26H16N8. The third-order valence-corrected chi connectivity index (χ3v) is 5.80. The zero-order valence-corrected chi connectivity index (χ0v) is 17.8. The van der Waals surface area contributed by atoms with Gasteiger partial charge >= 0.3 is 0 Å². The van der Waals surface area contributed by atoms with Gasteiger partial charge in [-0.1, -0.05) is 36.4 Å².